The van der Waals surface area contributed by atoms with E-state index in [-0.39, 0.29) is 17.9 Å². The third kappa shape index (κ3) is 4.28. The second-order valence-corrected chi connectivity index (χ2v) is 7.08. The van der Waals surface area contributed by atoms with Gasteiger partial charge < -0.3 is 20.3 Å². The number of rotatable bonds is 4. The molecule has 1 saturated heterocycles. The Morgan fingerprint density at radius 2 is 1.96 bits per heavy atom. The summed E-state index contributed by atoms with van der Waals surface area (Å²) in [5.41, 5.74) is 8.42. The van der Waals surface area contributed by atoms with Crippen LogP contribution in [0.25, 0.3) is 0 Å². The van der Waals surface area contributed by atoms with E-state index >= 15 is 0 Å². The molecule has 1 saturated carbocycles. The number of nitrogens with zero attached hydrogens (tertiary/aromatic N) is 2. The maximum Gasteiger partial charge on any atom is 0.225 e. The van der Waals surface area contributed by atoms with Gasteiger partial charge in [-0.15, -0.1) is 0 Å². The molecule has 2 atom stereocenters. The van der Waals surface area contributed by atoms with Gasteiger partial charge in [0, 0.05) is 44.3 Å². The van der Waals surface area contributed by atoms with E-state index < -0.39 is 0 Å². The second-order valence-electron chi connectivity index (χ2n) is 7.08. The van der Waals surface area contributed by atoms with Gasteiger partial charge in [0.2, 0.25) is 5.91 Å². The van der Waals surface area contributed by atoms with Crippen LogP contribution in [0, 0.1) is 5.92 Å². The van der Waals surface area contributed by atoms with Crippen molar-refractivity contribution in [1.29, 1.82) is 0 Å². The Kier molecular flexibility index (Phi) is 5.74. The quantitative estimate of drug-likeness (QED) is 0.917. The molecule has 2 aliphatic rings. The third-order valence-electron chi connectivity index (χ3n) is 5.17. The highest BCUT2D eigenvalue weighted by molar-refractivity contribution is 5.78. The minimum Gasteiger partial charge on any atom is -0.378 e. The number of hydrogen-bond donors (Lipinski definition) is 1. The standard InChI is InChI=1S/C19H29N3O2/c1-21(19(23)16-3-2-4-17(20)13-16)14-15-5-7-18(8-6-15)22-9-11-24-12-10-22/h5-8,16-17H,2-4,9-14,20H2,1H3/t16-,17-/m1/s1. The Hall–Kier alpha value is -1.59. The molecule has 0 bridgehead atoms. The summed E-state index contributed by atoms with van der Waals surface area (Å²) in [7, 11) is 1.90. The molecule has 1 aromatic rings. The van der Waals surface area contributed by atoms with E-state index in [9.17, 15) is 4.79 Å². The van der Waals surface area contributed by atoms with Crippen LogP contribution in [-0.2, 0) is 16.1 Å². The predicted molar refractivity (Wildman–Crippen MR) is 95.9 cm³/mol. The Morgan fingerprint density at radius 3 is 2.62 bits per heavy atom. The van der Waals surface area contributed by atoms with E-state index in [1.165, 1.54) is 11.3 Å². The van der Waals surface area contributed by atoms with Crippen molar-refractivity contribution in [2.24, 2.45) is 11.7 Å². The van der Waals surface area contributed by atoms with Crippen molar-refractivity contribution < 1.29 is 9.53 Å². The summed E-state index contributed by atoms with van der Waals surface area (Å²) in [6.45, 7) is 4.14. The molecule has 1 amide bonds. The van der Waals surface area contributed by atoms with E-state index in [1.807, 2.05) is 11.9 Å². The molecule has 0 radical (unpaired) electrons. The minimum absolute atomic E-state index is 0.103. The van der Waals surface area contributed by atoms with Gasteiger partial charge in [0.25, 0.3) is 0 Å². The molecule has 2 fully saturated rings. The normalized spacial score (nSPS) is 24.7. The first-order valence-electron chi connectivity index (χ1n) is 9.05. The predicted octanol–water partition coefficient (Wildman–Crippen LogP) is 2.00. The molecular formula is C19H29N3O2. The smallest absolute Gasteiger partial charge is 0.225 e. The van der Waals surface area contributed by atoms with Crippen LogP contribution >= 0.6 is 0 Å². The van der Waals surface area contributed by atoms with Gasteiger partial charge in [-0.25, -0.2) is 0 Å². The van der Waals surface area contributed by atoms with Crippen LogP contribution < -0.4 is 10.6 Å². The van der Waals surface area contributed by atoms with Gasteiger partial charge in [0.05, 0.1) is 13.2 Å². The van der Waals surface area contributed by atoms with E-state index in [0.29, 0.717) is 6.54 Å². The average Bonchev–Trinajstić information content (AvgIpc) is 2.62. The molecule has 1 aliphatic heterocycles. The average molecular weight is 331 g/mol. The van der Waals surface area contributed by atoms with Crippen LogP contribution in [-0.4, -0.2) is 50.2 Å². The maximum absolute atomic E-state index is 12.6. The van der Waals surface area contributed by atoms with Crippen molar-refractivity contribution in [2.45, 2.75) is 38.3 Å². The first-order chi connectivity index (χ1) is 11.6. The van der Waals surface area contributed by atoms with Crippen molar-refractivity contribution in [1.82, 2.24) is 4.90 Å². The lowest BCUT2D eigenvalue weighted by molar-refractivity contribution is -0.135. The number of morpholine rings is 1. The second kappa shape index (κ2) is 7.99. The lowest BCUT2D eigenvalue weighted by Gasteiger charge is -2.30. The monoisotopic (exact) mass is 331 g/mol. The summed E-state index contributed by atoms with van der Waals surface area (Å²) in [6, 6.07) is 8.74. The molecule has 5 heteroatoms. The zero-order valence-corrected chi connectivity index (χ0v) is 14.6. The van der Waals surface area contributed by atoms with Crippen LogP contribution in [0.4, 0.5) is 5.69 Å². The van der Waals surface area contributed by atoms with Gasteiger partial charge in [-0.3, -0.25) is 4.79 Å². The van der Waals surface area contributed by atoms with Gasteiger partial charge in [-0.1, -0.05) is 18.6 Å². The first-order valence-corrected chi connectivity index (χ1v) is 9.05. The number of amides is 1. The molecular weight excluding hydrogens is 302 g/mol. The fourth-order valence-corrected chi connectivity index (χ4v) is 3.75. The molecule has 24 heavy (non-hydrogen) atoms. The number of carbonyl (C=O) groups excluding carboxylic acids is 1. The highest BCUT2D eigenvalue weighted by atomic mass is 16.5. The Bertz CT molecular complexity index is 540. The number of carbonyl (C=O) groups is 1. The Balaban J connectivity index is 1.55. The van der Waals surface area contributed by atoms with E-state index in [0.717, 1.165) is 52.0 Å². The summed E-state index contributed by atoms with van der Waals surface area (Å²) in [4.78, 5) is 16.8. The van der Waals surface area contributed by atoms with Crippen LogP contribution in [0.5, 0.6) is 0 Å². The summed E-state index contributed by atoms with van der Waals surface area (Å²) in [5.74, 6) is 0.341. The fourth-order valence-electron chi connectivity index (χ4n) is 3.75. The van der Waals surface area contributed by atoms with Crippen LogP contribution in [0.3, 0.4) is 0 Å². The van der Waals surface area contributed by atoms with Crippen molar-refractivity contribution in [3.8, 4) is 0 Å². The van der Waals surface area contributed by atoms with E-state index in [1.54, 1.807) is 0 Å². The zero-order chi connectivity index (χ0) is 16.9. The summed E-state index contributed by atoms with van der Waals surface area (Å²) >= 11 is 0. The molecule has 2 N–H and O–H groups in total. The largest absolute Gasteiger partial charge is 0.378 e. The Morgan fingerprint density at radius 1 is 1.25 bits per heavy atom. The highest BCUT2D eigenvalue weighted by Crippen LogP contribution is 2.25. The fraction of sp³-hybridized carbons (Fsp3) is 0.632. The summed E-state index contributed by atoms with van der Waals surface area (Å²) < 4.78 is 5.39. The van der Waals surface area contributed by atoms with Crippen LogP contribution in [0.15, 0.2) is 24.3 Å². The van der Waals surface area contributed by atoms with E-state index in [4.69, 9.17) is 10.5 Å². The number of hydrogen-bond acceptors (Lipinski definition) is 4. The molecule has 0 aromatic heterocycles. The lowest BCUT2D eigenvalue weighted by atomic mass is 9.85. The maximum atomic E-state index is 12.6. The van der Waals surface area contributed by atoms with Crippen molar-refractivity contribution in [2.75, 3.05) is 38.3 Å². The van der Waals surface area contributed by atoms with Gasteiger partial charge in [0.1, 0.15) is 0 Å². The zero-order valence-electron chi connectivity index (χ0n) is 14.6. The third-order valence-corrected chi connectivity index (χ3v) is 5.17. The molecule has 0 spiro atoms. The number of ether oxygens (including phenoxy) is 1. The summed E-state index contributed by atoms with van der Waals surface area (Å²) in [6.07, 6.45) is 3.93. The molecule has 0 unspecified atom stereocenters. The highest BCUT2D eigenvalue weighted by Gasteiger charge is 2.27. The number of benzene rings is 1. The van der Waals surface area contributed by atoms with Gasteiger partial charge in [-0.2, -0.15) is 0 Å². The molecule has 1 aliphatic carbocycles. The van der Waals surface area contributed by atoms with Crippen molar-refractivity contribution in [3.05, 3.63) is 29.8 Å². The van der Waals surface area contributed by atoms with Crippen molar-refractivity contribution >= 4 is 11.6 Å². The SMILES string of the molecule is CN(Cc1ccc(N2CCOCC2)cc1)C(=O)[C@@H]1CCC[C@@H](N)C1. The Labute approximate surface area is 144 Å². The first kappa shape index (κ1) is 17.2. The van der Waals surface area contributed by atoms with Gasteiger partial charge in [0.15, 0.2) is 0 Å². The van der Waals surface area contributed by atoms with Crippen LogP contribution in [0.1, 0.15) is 31.2 Å². The minimum atomic E-state index is 0.103. The molecule has 5 nitrogen and oxygen atoms in total. The molecule has 1 heterocycles. The lowest BCUT2D eigenvalue weighted by Crippen LogP contribution is -2.38. The number of nitrogens with two attached hydrogens (primary N) is 1. The molecule has 3 rings (SSSR count). The topological polar surface area (TPSA) is 58.8 Å². The van der Waals surface area contributed by atoms with Gasteiger partial charge in [-0.05, 0) is 37.0 Å². The van der Waals surface area contributed by atoms with Crippen LogP contribution in [0.2, 0.25) is 0 Å². The molecule has 1 aromatic carbocycles. The van der Waals surface area contributed by atoms with Gasteiger partial charge >= 0.3 is 0 Å². The van der Waals surface area contributed by atoms with Crippen molar-refractivity contribution in [3.63, 3.8) is 0 Å². The number of anilines is 1. The van der Waals surface area contributed by atoms with E-state index in [2.05, 4.69) is 29.2 Å². The molecule has 132 valence electrons. The summed E-state index contributed by atoms with van der Waals surface area (Å²) in [5, 5.41) is 0.